The fourth-order valence-corrected chi connectivity index (χ4v) is 1.76. The van der Waals surface area contributed by atoms with E-state index in [1.165, 1.54) is 0 Å². The number of hydrogen-bond donors (Lipinski definition) is 2. The van der Waals surface area contributed by atoms with Crippen molar-refractivity contribution in [3.63, 3.8) is 0 Å². The third kappa shape index (κ3) is 2.83. The molecule has 86 valence electrons. The maximum atomic E-state index is 11.7. The lowest BCUT2D eigenvalue weighted by atomic mass is 10.1. The normalized spacial score (nSPS) is 16.8. The van der Waals surface area contributed by atoms with Crippen molar-refractivity contribution in [1.82, 2.24) is 5.32 Å². The molecule has 3 N–H and O–H groups in total. The summed E-state index contributed by atoms with van der Waals surface area (Å²) in [7, 11) is 0. The first-order valence-electron chi connectivity index (χ1n) is 5.75. The van der Waals surface area contributed by atoms with E-state index in [4.69, 9.17) is 5.73 Å². The Bertz CT molecular complexity index is 357. The molecule has 1 fully saturated rings. The molecule has 0 aliphatic heterocycles. The highest BCUT2D eigenvalue weighted by molar-refractivity contribution is 5.78. The number of carbonyl (C=O) groups excluding carboxylic acids is 1. The molecular formula is C13H18N2O. The monoisotopic (exact) mass is 218 g/mol. The molecule has 1 aliphatic carbocycles. The molecule has 1 aromatic carbocycles. The van der Waals surface area contributed by atoms with Crippen LogP contribution in [0.1, 0.15) is 18.4 Å². The quantitative estimate of drug-likeness (QED) is 0.777. The van der Waals surface area contributed by atoms with Crippen molar-refractivity contribution in [1.29, 1.82) is 0 Å². The lowest BCUT2D eigenvalue weighted by Crippen LogP contribution is -2.34. The molecule has 1 aromatic rings. The number of carbonyl (C=O) groups is 1. The van der Waals surface area contributed by atoms with Crippen LogP contribution in [-0.4, -0.2) is 19.0 Å². The molecule has 0 heterocycles. The first kappa shape index (κ1) is 11.1. The topological polar surface area (TPSA) is 55.1 Å². The molecule has 0 saturated heterocycles. The minimum atomic E-state index is 0.0888. The number of amides is 1. The molecule has 3 nitrogen and oxygen atoms in total. The second-order valence-corrected chi connectivity index (χ2v) is 4.64. The zero-order valence-electron chi connectivity index (χ0n) is 9.41. The van der Waals surface area contributed by atoms with Gasteiger partial charge in [-0.1, -0.05) is 30.3 Å². The molecule has 1 saturated carbocycles. The van der Waals surface area contributed by atoms with E-state index in [1.807, 2.05) is 30.3 Å². The summed E-state index contributed by atoms with van der Waals surface area (Å²) in [4.78, 5) is 11.7. The highest BCUT2D eigenvalue weighted by Gasteiger charge is 2.41. The van der Waals surface area contributed by atoms with Crippen molar-refractivity contribution in [2.75, 3.05) is 13.1 Å². The Balaban J connectivity index is 1.77. The first-order chi connectivity index (χ1) is 7.74. The SMILES string of the molecule is NCC1(CNC(=O)Cc2ccccc2)CC1. The average molecular weight is 218 g/mol. The molecular weight excluding hydrogens is 200 g/mol. The molecule has 0 atom stereocenters. The van der Waals surface area contributed by atoms with E-state index in [1.54, 1.807) is 0 Å². The third-order valence-electron chi connectivity index (χ3n) is 3.26. The summed E-state index contributed by atoms with van der Waals surface area (Å²) in [5.74, 6) is 0.0888. The van der Waals surface area contributed by atoms with E-state index in [0.29, 0.717) is 13.0 Å². The highest BCUT2D eigenvalue weighted by Crippen LogP contribution is 2.43. The van der Waals surface area contributed by atoms with Crippen LogP contribution in [0.25, 0.3) is 0 Å². The largest absolute Gasteiger partial charge is 0.355 e. The van der Waals surface area contributed by atoms with Gasteiger partial charge in [-0.3, -0.25) is 4.79 Å². The van der Waals surface area contributed by atoms with Gasteiger partial charge in [-0.05, 0) is 30.4 Å². The van der Waals surface area contributed by atoms with Gasteiger partial charge in [0.2, 0.25) is 5.91 Å². The molecule has 3 heteroatoms. The van der Waals surface area contributed by atoms with Crippen molar-refractivity contribution in [2.45, 2.75) is 19.3 Å². The minimum Gasteiger partial charge on any atom is -0.355 e. The van der Waals surface area contributed by atoms with Gasteiger partial charge in [0.15, 0.2) is 0 Å². The van der Waals surface area contributed by atoms with Gasteiger partial charge in [0, 0.05) is 6.54 Å². The smallest absolute Gasteiger partial charge is 0.224 e. The number of nitrogens with two attached hydrogens (primary N) is 1. The molecule has 0 spiro atoms. The lowest BCUT2D eigenvalue weighted by molar-refractivity contribution is -0.120. The predicted molar refractivity (Wildman–Crippen MR) is 63.9 cm³/mol. The molecule has 0 unspecified atom stereocenters. The van der Waals surface area contributed by atoms with Crippen molar-refractivity contribution in [2.24, 2.45) is 11.1 Å². The van der Waals surface area contributed by atoms with E-state index >= 15 is 0 Å². The number of hydrogen-bond acceptors (Lipinski definition) is 2. The number of rotatable bonds is 5. The Labute approximate surface area is 96.0 Å². The van der Waals surface area contributed by atoms with Crippen molar-refractivity contribution >= 4 is 5.91 Å². The van der Waals surface area contributed by atoms with Gasteiger partial charge in [0.05, 0.1) is 6.42 Å². The van der Waals surface area contributed by atoms with Crippen LogP contribution < -0.4 is 11.1 Å². The second-order valence-electron chi connectivity index (χ2n) is 4.64. The summed E-state index contributed by atoms with van der Waals surface area (Å²) in [6, 6.07) is 9.79. The van der Waals surface area contributed by atoms with Gasteiger partial charge in [0.25, 0.3) is 0 Å². The maximum Gasteiger partial charge on any atom is 0.224 e. The van der Waals surface area contributed by atoms with Crippen molar-refractivity contribution in [3.8, 4) is 0 Å². The van der Waals surface area contributed by atoms with Gasteiger partial charge in [-0.2, -0.15) is 0 Å². The fraction of sp³-hybridized carbons (Fsp3) is 0.462. The summed E-state index contributed by atoms with van der Waals surface area (Å²) >= 11 is 0. The lowest BCUT2D eigenvalue weighted by Gasteiger charge is -2.13. The summed E-state index contributed by atoms with van der Waals surface area (Å²) < 4.78 is 0. The summed E-state index contributed by atoms with van der Waals surface area (Å²) in [5.41, 5.74) is 6.92. The maximum absolute atomic E-state index is 11.7. The second kappa shape index (κ2) is 4.66. The van der Waals surface area contributed by atoms with E-state index in [0.717, 1.165) is 24.9 Å². The number of nitrogens with one attached hydrogen (secondary N) is 1. The van der Waals surface area contributed by atoms with Crippen LogP contribution in [0.3, 0.4) is 0 Å². The standard InChI is InChI=1S/C13H18N2O/c14-9-13(6-7-13)10-15-12(16)8-11-4-2-1-3-5-11/h1-5H,6-10,14H2,(H,15,16). The minimum absolute atomic E-state index is 0.0888. The predicted octanol–water partition coefficient (Wildman–Crippen LogP) is 1.08. The summed E-state index contributed by atoms with van der Waals surface area (Å²) in [5, 5.41) is 2.97. The Hall–Kier alpha value is -1.35. The molecule has 16 heavy (non-hydrogen) atoms. The van der Waals surface area contributed by atoms with Crippen molar-refractivity contribution < 1.29 is 4.79 Å². The van der Waals surface area contributed by atoms with Gasteiger partial charge < -0.3 is 11.1 Å². The molecule has 0 aromatic heterocycles. The van der Waals surface area contributed by atoms with Crippen LogP contribution in [0.2, 0.25) is 0 Å². The van der Waals surface area contributed by atoms with Gasteiger partial charge in [-0.25, -0.2) is 0 Å². The average Bonchev–Trinajstić information content (AvgIpc) is 3.09. The third-order valence-corrected chi connectivity index (χ3v) is 3.26. The van der Waals surface area contributed by atoms with Crippen molar-refractivity contribution in [3.05, 3.63) is 35.9 Å². The Morgan fingerprint density at radius 1 is 1.31 bits per heavy atom. The van der Waals surface area contributed by atoms with Gasteiger partial charge in [-0.15, -0.1) is 0 Å². The number of benzene rings is 1. The zero-order valence-corrected chi connectivity index (χ0v) is 9.41. The highest BCUT2D eigenvalue weighted by atomic mass is 16.1. The van der Waals surface area contributed by atoms with Crippen LogP contribution in [0.5, 0.6) is 0 Å². The molecule has 0 bridgehead atoms. The molecule has 0 radical (unpaired) electrons. The van der Waals surface area contributed by atoms with E-state index < -0.39 is 0 Å². The Kier molecular flexibility index (Phi) is 3.25. The van der Waals surface area contributed by atoms with Gasteiger partial charge in [0.1, 0.15) is 0 Å². The van der Waals surface area contributed by atoms with Crippen LogP contribution >= 0.6 is 0 Å². The first-order valence-corrected chi connectivity index (χ1v) is 5.75. The Morgan fingerprint density at radius 3 is 2.56 bits per heavy atom. The van der Waals surface area contributed by atoms with Crippen LogP contribution in [0, 0.1) is 5.41 Å². The molecule has 2 rings (SSSR count). The summed E-state index contributed by atoms with van der Waals surface area (Å²) in [6.07, 6.45) is 2.76. The van der Waals surface area contributed by atoms with Crippen LogP contribution in [0.15, 0.2) is 30.3 Å². The Morgan fingerprint density at radius 2 is 2.00 bits per heavy atom. The molecule has 1 aliphatic rings. The van der Waals surface area contributed by atoms with E-state index in [-0.39, 0.29) is 11.3 Å². The summed E-state index contributed by atoms with van der Waals surface area (Å²) in [6.45, 7) is 1.41. The van der Waals surface area contributed by atoms with Gasteiger partial charge >= 0.3 is 0 Å². The van der Waals surface area contributed by atoms with E-state index in [2.05, 4.69) is 5.32 Å². The fourth-order valence-electron chi connectivity index (χ4n) is 1.76. The van der Waals surface area contributed by atoms with Crippen LogP contribution in [0.4, 0.5) is 0 Å². The van der Waals surface area contributed by atoms with Crippen LogP contribution in [-0.2, 0) is 11.2 Å². The molecule has 1 amide bonds. The zero-order chi connectivity index (χ0) is 11.4. The van der Waals surface area contributed by atoms with E-state index in [9.17, 15) is 4.79 Å².